The number of hydrogen-bond acceptors (Lipinski definition) is 3. The number of aromatic nitrogens is 1. The maximum absolute atomic E-state index is 13.0. The van der Waals surface area contributed by atoms with Gasteiger partial charge in [0.25, 0.3) is 5.91 Å². The molecular formula is C18H16N2O3. The summed E-state index contributed by atoms with van der Waals surface area (Å²) in [4.78, 5) is 30.8. The number of fused-ring (bicyclic) bond motifs is 1. The van der Waals surface area contributed by atoms with Crippen molar-refractivity contribution in [3.05, 3.63) is 65.5 Å². The molecule has 1 aliphatic heterocycles. The molecule has 2 atom stereocenters. The van der Waals surface area contributed by atoms with Crippen LogP contribution in [0.4, 0.5) is 0 Å². The van der Waals surface area contributed by atoms with Gasteiger partial charge in [0, 0.05) is 24.0 Å². The number of pyridine rings is 1. The maximum atomic E-state index is 13.0. The second-order valence-corrected chi connectivity index (χ2v) is 6.07. The minimum absolute atomic E-state index is 0.0672. The van der Waals surface area contributed by atoms with E-state index in [0.717, 1.165) is 18.4 Å². The highest BCUT2D eigenvalue weighted by Crippen LogP contribution is 2.47. The minimum atomic E-state index is -0.905. The Morgan fingerprint density at radius 2 is 1.83 bits per heavy atom. The number of carbonyl (C=O) groups excluding carboxylic acids is 1. The average Bonchev–Trinajstić information content (AvgIpc) is 3.40. The summed E-state index contributed by atoms with van der Waals surface area (Å²) in [5, 5.41) is 9.87. The van der Waals surface area contributed by atoms with Gasteiger partial charge < -0.3 is 10.0 Å². The topological polar surface area (TPSA) is 70.5 Å². The van der Waals surface area contributed by atoms with Crippen LogP contribution in [-0.2, 0) is 4.79 Å². The number of rotatable bonds is 3. The van der Waals surface area contributed by atoms with Gasteiger partial charge in [0.2, 0.25) is 0 Å². The molecule has 2 aromatic rings. The van der Waals surface area contributed by atoms with Gasteiger partial charge in [0.1, 0.15) is 5.92 Å². The van der Waals surface area contributed by atoms with Gasteiger partial charge in [-0.2, -0.15) is 0 Å². The van der Waals surface area contributed by atoms with Crippen LogP contribution in [0.25, 0.3) is 0 Å². The van der Waals surface area contributed by atoms with E-state index in [9.17, 15) is 14.7 Å². The van der Waals surface area contributed by atoms with Crippen molar-refractivity contribution in [2.45, 2.75) is 30.8 Å². The quantitative estimate of drug-likeness (QED) is 0.946. The zero-order valence-electron chi connectivity index (χ0n) is 12.4. The SMILES string of the molecule is O=C(O)C1c2ccccc2C(=O)N(C2CC2)C1c1ccncc1. The monoisotopic (exact) mass is 308 g/mol. The molecule has 1 aromatic heterocycles. The number of hydrogen-bond donors (Lipinski definition) is 1. The molecule has 1 fully saturated rings. The number of benzene rings is 1. The van der Waals surface area contributed by atoms with Gasteiger partial charge in [-0.3, -0.25) is 14.6 Å². The molecule has 0 saturated heterocycles. The van der Waals surface area contributed by atoms with Crippen LogP contribution in [0, 0.1) is 0 Å². The number of carboxylic acid groups (broad SMARTS) is 1. The fourth-order valence-corrected chi connectivity index (χ4v) is 3.49. The molecule has 2 heterocycles. The van der Waals surface area contributed by atoms with Crippen molar-refractivity contribution in [3.8, 4) is 0 Å². The van der Waals surface area contributed by atoms with E-state index < -0.39 is 17.9 Å². The van der Waals surface area contributed by atoms with E-state index in [1.54, 1.807) is 53.7 Å². The molecule has 2 aliphatic rings. The summed E-state index contributed by atoms with van der Waals surface area (Å²) < 4.78 is 0. The van der Waals surface area contributed by atoms with E-state index in [-0.39, 0.29) is 11.9 Å². The van der Waals surface area contributed by atoms with Gasteiger partial charge in [-0.05, 0) is 42.2 Å². The van der Waals surface area contributed by atoms with Gasteiger partial charge in [-0.25, -0.2) is 0 Å². The van der Waals surface area contributed by atoms with Crippen molar-refractivity contribution in [1.82, 2.24) is 9.88 Å². The lowest BCUT2D eigenvalue weighted by molar-refractivity contribution is -0.140. The number of carbonyl (C=O) groups is 2. The third kappa shape index (κ3) is 2.20. The Morgan fingerprint density at radius 1 is 1.13 bits per heavy atom. The summed E-state index contributed by atoms with van der Waals surface area (Å²) >= 11 is 0. The third-order valence-corrected chi connectivity index (χ3v) is 4.63. The molecule has 1 aliphatic carbocycles. The van der Waals surface area contributed by atoms with Crippen molar-refractivity contribution >= 4 is 11.9 Å². The summed E-state index contributed by atoms with van der Waals surface area (Å²) in [6.07, 6.45) is 5.15. The Hall–Kier alpha value is -2.69. The average molecular weight is 308 g/mol. The normalized spacial score (nSPS) is 23.5. The van der Waals surface area contributed by atoms with E-state index in [2.05, 4.69) is 4.98 Å². The second-order valence-electron chi connectivity index (χ2n) is 6.07. The smallest absolute Gasteiger partial charge is 0.313 e. The van der Waals surface area contributed by atoms with E-state index in [4.69, 9.17) is 0 Å². The standard InChI is InChI=1S/C18H16N2O3/c21-17-14-4-2-1-3-13(14)15(18(22)23)16(20(17)12-5-6-12)11-7-9-19-10-8-11/h1-4,7-10,12,15-16H,5-6H2,(H,22,23). The minimum Gasteiger partial charge on any atom is -0.481 e. The molecular weight excluding hydrogens is 292 g/mol. The van der Waals surface area contributed by atoms with Gasteiger partial charge in [0.15, 0.2) is 0 Å². The first-order valence-corrected chi connectivity index (χ1v) is 7.73. The predicted octanol–water partition coefficient (Wildman–Crippen LogP) is 2.61. The van der Waals surface area contributed by atoms with Crippen molar-refractivity contribution in [2.75, 3.05) is 0 Å². The first kappa shape index (κ1) is 13.9. The number of aliphatic carboxylic acids is 1. The third-order valence-electron chi connectivity index (χ3n) is 4.63. The highest BCUT2D eigenvalue weighted by atomic mass is 16.4. The Bertz CT molecular complexity index is 771. The predicted molar refractivity (Wildman–Crippen MR) is 83.0 cm³/mol. The fourth-order valence-electron chi connectivity index (χ4n) is 3.49. The molecule has 1 saturated carbocycles. The van der Waals surface area contributed by atoms with Crippen molar-refractivity contribution < 1.29 is 14.7 Å². The first-order chi connectivity index (χ1) is 11.2. The van der Waals surface area contributed by atoms with E-state index in [1.807, 2.05) is 0 Å². The zero-order chi connectivity index (χ0) is 16.0. The van der Waals surface area contributed by atoms with Crippen LogP contribution in [0.3, 0.4) is 0 Å². The highest BCUT2D eigenvalue weighted by Gasteiger charge is 2.49. The molecule has 5 heteroatoms. The van der Waals surface area contributed by atoms with Crippen LogP contribution in [0.15, 0.2) is 48.8 Å². The lowest BCUT2D eigenvalue weighted by Gasteiger charge is -2.41. The van der Waals surface area contributed by atoms with Gasteiger partial charge in [0.05, 0.1) is 6.04 Å². The number of carboxylic acids is 1. The Morgan fingerprint density at radius 3 is 2.48 bits per heavy atom. The number of amides is 1. The second kappa shape index (κ2) is 5.19. The molecule has 1 N–H and O–H groups in total. The lowest BCUT2D eigenvalue weighted by atomic mass is 9.80. The van der Waals surface area contributed by atoms with Gasteiger partial charge >= 0.3 is 5.97 Å². The van der Waals surface area contributed by atoms with Crippen molar-refractivity contribution in [1.29, 1.82) is 0 Å². The first-order valence-electron chi connectivity index (χ1n) is 7.73. The molecule has 4 rings (SSSR count). The lowest BCUT2D eigenvalue weighted by Crippen LogP contribution is -2.46. The number of nitrogens with zero attached hydrogens (tertiary/aromatic N) is 2. The zero-order valence-corrected chi connectivity index (χ0v) is 12.4. The highest BCUT2D eigenvalue weighted by molar-refractivity contribution is 6.00. The van der Waals surface area contributed by atoms with Crippen LogP contribution in [0.1, 0.15) is 46.3 Å². The molecule has 0 bridgehead atoms. The van der Waals surface area contributed by atoms with Crippen LogP contribution >= 0.6 is 0 Å². The molecule has 1 aromatic carbocycles. The summed E-state index contributed by atoms with van der Waals surface area (Å²) in [5.74, 6) is -1.73. The molecule has 2 unspecified atom stereocenters. The molecule has 1 amide bonds. The van der Waals surface area contributed by atoms with Crippen molar-refractivity contribution in [2.24, 2.45) is 0 Å². The summed E-state index contributed by atoms with van der Waals surface area (Å²) in [6, 6.07) is 10.3. The largest absolute Gasteiger partial charge is 0.481 e. The Balaban J connectivity index is 1.93. The Labute approximate surface area is 133 Å². The van der Waals surface area contributed by atoms with Crippen LogP contribution < -0.4 is 0 Å². The molecule has 5 nitrogen and oxygen atoms in total. The summed E-state index contributed by atoms with van der Waals surface area (Å²) in [5.41, 5.74) is 1.93. The molecule has 0 radical (unpaired) electrons. The molecule has 116 valence electrons. The Kier molecular flexibility index (Phi) is 3.15. The molecule has 0 spiro atoms. The summed E-state index contributed by atoms with van der Waals surface area (Å²) in [6.45, 7) is 0. The fraction of sp³-hybridized carbons (Fsp3) is 0.278. The van der Waals surface area contributed by atoms with Crippen LogP contribution in [0.2, 0.25) is 0 Å². The van der Waals surface area contributed by atoms with E-state index >= 15 is 0 Å². The van der Waals surface area contributed by atoms with E-state index in [0.29, 0.717) is 11.1 Å². The molecule has 23 heavy (non-hydrogen) atoms. The van der Waals surface area contributed by atoms with Crippen LogP contribution in [0.5, 0.6) is 0 Å². The van der Waals surface area contributed by atoms with E-state index in [1.165, 1.54) is 0 Å². The van der Waals surface area contributed by atoms with Gasteiger partial charge in [-0.15, -0.1) is 0 Å². The summed E-state index contributed by atoms with van der Waals surface area (Å²) in [7, 11) is 0. The van der Waals surface area contributed by atoms with Crippen LogP contribution in [-0.4, -0.2) is 32.9 Å². The maximum Gasteiger partial charge on any atom is 0.313 e. The van der Waals surface area contributed by atoms with Gasteiger partial charge in [-0.1, -0.05) is 18.2 Å². The van der Waals surface area contributed by atoms with Crippen molar-refractivity contribution in [3.63, 3.8) is 0 Å².